The van der Waals surface area contributed by atoms with E-state index in [-0.39, 0.29) is 5.78 Å². The summed E-state index contributed by atoms with van der Waals surface area (Å²) in [5, 5.41) is 0. The van der Waals surface area contributed by atoms with E-state index in [1.54, 1.807) is 7.11 Å². The first-order valence-electron chi connectivity index (χ1n) is 6.19. The van der Waals surface area contributed by atoms with Crippen molar-refractivity contribution in [1.29, 1.82) is 0 Å². The molecule has 0 saturated carbocycles. The molecular weight excluding hydrogens is 212 g/mol. The molecule has 0 heterocycles. The fourth-order valence-electron chi connectivity index (χ4n) is 2.23. The van der Waals surface area contributed by atoms with Gasteiger partial charge in [-0.15, -0.1) is 0 Å². The van der Waals surface area contributed by atoms with Gasteiger partial charge in [-0.2, -0.15) is 0 Å². The Bertz CT molecular complexity index is 432. The molecule has 0 aromatic heterocycles. The molecule has 2 heteroatoms. The van der Waals surface area contributed by atoms with Crippen molar-refractivity contribution in [2.24, 2.45) is 0 Å². The molecule has 0 atom stereocenters. The second-order valence-electron chi connectivity index (χ2n) is 4.36. The summed E-state index contributed by atoms with van der Waals surface area (Å²) in [5.41, 5.74) is 1.63. The molecule has 2 rings (SSSR count). The summed E-state index contributed by atoms with van der Waals surface area (Å²) in [6.45, 7) is 0. The number of rotatable bonds is 3. The highest BCUT2D eigenvalue weighted by Crippen LogP contribution is 2.25. The molecule has 0 radical (unpaired) electrons. The van der Waals surface area contributed by atoms with E-state index in [0.717, 1.165) is 24.8 Å². The van der Waals surface area contributed by atoms with Crippen LogP contribution in [-0.2, 0) is 0 Å². The van der Waals surface area contributed by atoms with Crippen molar-refractivity contribution in [3.05, 3.63) is 41.5 Å². The number of benzene rings is 1. The van der Waals surface area contributed by atoms with Crippen molar-refractivity contribution in [2.75, 3.05) is 7.11 Å². The molecule has 1 aromatic rings. The van der Waals surface area contributed by atoms with E-state index in [0.29, 0.717) is 11.3 Å². The van der Waals surface area contributed by atoms with Crippen LogP contribution >= 0.6 is 0 Å². The molecule has 17 heavy (non-hydrogen) atoms. The molecule has 0 fully saturated rings. The summed E-state index contributed by atoms with van der Waals surface area (Å²) < 4.78 is 5.24. The van der Waals surface area contributed by atoms with Crippen molar-refractivity contribution >= 4 is 5.78 Å². The lowest BCUT2D eigenvalue weighted by molar-refractivity contribution is 0.102. The van der Waals surface area contributed by atoms with Gasteiger partial charge in [-0.3, -0.25) is 4.79 Å². The third-order valence-electron chi connectivity index (χ3n) is 3.18. The van der Waals surface area contributed by atoms with Gasteiger partial charge in [0.25, 0.3) is 0 Å². The minimum Gasteiger partial charge on any atom is -0.496 e. The second-order valence-corrected chi connectivity index (χ2v) is 4.36. The van der Waals surface area contributed by atoms with Gasteiger partial charge in [0, 0.05) is 0 Å². The SMILES string of the molecule is COc1ccccc1C(=O)C1=CCCCCC1. The van der Waals surface area contributed by atoms with E-state index in [4.69, 9.17) is 4.74 Å². The van der Waals surface area contributed by atoms with E-state index >= 15 is 0 Å². The number of Topliss-reactive ketones (excluding diaryl/α,β-unsaturated/α-hetero) is 1. The van der Waals surface area contributed by atoms with Crippen LogP contribution in [-0.4, -0.2) is 12.9 Å². The van der Waals surface area contributed by atoms with E-state index in [1.807, 2.05) is 24.3 Å². The maximum Gasteiger partial charge on any atom is 0.192 e. The first kappa shape index (κ1) is 11.9. The van der Waals surface area contributed by atoms with Crippen molar-refractivity contribution in [2.45, 2.75) is 32.1 Å². The van der Waals surface area contributed by atoms with Crippen molar-refractivity contribution in [1.82, 2.24) is 0 Å². The Labute approximate surface area is 102 Å². The molecule has 0 bridgehead atoms. The highest BCUT2D eigenvalue weighted by Gasteiger charge is 2.16. The van der Waals surface area contributed by atoms with Crippen LogP contribution in [0.3, 0.4) is 0 Å². The van der Waals surface area contributed by atoms with E-state index in [2.05, 4.69) is 6.08 Å². The van der Waals surface area contributed by atoms with Crippen LogP contribution in [0.2, 0.25) is 0 Å². The van der Waals surface area contributed by atoms with E-state index in [1.165, 1.54) is 12.8 Å². The Morgan fingerprint density at radius 3 is 2.82 bits per heavy atom. The largest absolute Gasteiger partial charge is 0.496 e. The lowest BCUT2D eigenvalue weighted by atomic mass is 9.99. The number of para-hydroxylation sites is 1. The van der Waals surface area contributed by atoms with Crippen molar-refractivity contribution < 1.29 is 9.53 Å². The van der Waals surface area contributed by atoms with Crippen LogP contribution in [0.4, 0.5) is 0 Å². The molecule has 0 saturated heterocycles. The smallest absolute Gasteiger partial charge is 0.192 e. The molecular formula is C15H18O2. The Morgan fingerprint density at radius 2 is 2.00 bits per heavy atom. The molecule has 1 aliphatic carbocycles. The zero-order chi connectivity index (χ0) is 12.1. The Morgan fingerprint density at radius 1 is 1.18 bits per heavy atom. The molecule has 2 nitrogen and oxygen atoms in total. The Hall–Kier alpha value is -1.57. The van der Waals surface area contributed by atoms with Crippen LogP contribution in [0.1, 0.15) is 42.5 Å². The highest BCUT2D eigenvalue weighted by molar-refractivity contribution is 6.10. The number of ether oxygens (including phenoxy) is 1. The lowest BCUT2D eigenvalue weighted by Crippen LogP contribution is -2.05. The molecule has 0 spiro atoms. The average molecular weight is 230 g/mol. The lowest BCUT2D eigenvalue weighted by Gasteiger charge is -2.09. The first-order valence-corrected chi connectivity index (χ1v) is 6.19. The third-order valence-corrected chi connectivity index (χ3v) is 3.18. The number of methoxy groups -OCH3 is 1. The number of hydrogen-bond acceptors (Lipinski definition) is 2. The highest BCUT2D eigenvalue weighted by atomic mass is 16.5. The van der Waals surface area contributed by atoms with Crippen LogP contribution < -0.4 is 4.74 Å². The second kappa shape index (κ2) is 5.67. The van der Waals surface area contributed by atoms with Gasteiger partial charge in [0.15, 0.2) is 5.78 Å². The molecule has 1 aromatic carbocycles. The topological polar surface area (TPSA) is 26.3 Å². The van der Waals surface area contributed by atoms with Crippen molar-refractivity contribution in [3.63, 3.8) is 0 Å². The standard InChI is InChI=1S/C15H18O2/c1-17-14-11-7-6-10-13(14)15(16)12-8-4-2-3-5-9-12/h6-8,10-11H,2-5,9H2,1H3. The minimum absolute atomic E-state index is 0.129. The minimum atomic E-state index is 0.129. The summed E-state index contributed by atoms with van der Waals surface area (Å²) in [5.74, 6) is 0.798. The molecule has 0 aliphatic heterocycles. The quantitative estimate of drug-likeness (QED) is 0.739. The summed E-state index contributed by atoms with van der Waals surface area (Å²) in [7, 11) is 1.60. The molecule has 0 unspecified atom stereocenters. The first-order chi connectivity index (χ1) is 8.33. The van der Waals surface area contributed by atoms with Gasteiger partial charge in [0.1, 0.15) is 5.75 Å². The summed E-state index contributed by atoms with van der Waals surface area (Å²) in [4.78, 5) is 12.4. The molecule has 0 amide bonds. The normalized spacial score (nSPS) is 15.9. The van der Waals surface area contributed by atoms with Crippen LogP contribution in [0.25, 0.3) is 0 Å². The van der Waals surface area contributed by atoms with Gasteiger partial charge in [-0.05, 0) is 43.4 Å². The van der Waals surface area contributed by atoms with Crippen LogP contribution in [0.15, 0.2) is 35.9 Å². The van der Waals surface area contributed by atoms with Gasteiger partial charge in [0.2, 0.25) is 0 Å². The fourth-order valence-corrected chi connectivity index (χ4v) is 2.23. The summed E-state index contributed by atoms with van der Waals surface area (Å²) in [6, 6.07) is 7.45. The van der Waals surface area contributed by atoms with Gasteiger partial charge in [-0.1, -0.05) is 24.6 Å². The van der Waals surface area contributed by atoms with E-state index < -0.39 is 0 Å². The number of allylic oxidation sites excluding steroid dienone is 2. The molecule has 1 aliphatic rings. The Kier molecular flexibility index (Phi) is 3.97. The summed E-state index contributed by atoms with van der Waals surface area (Å²) >= 11 is 0. The maximum absolute atomic E-state index is 12.4. The van der Waals surface area contributed by atoms with Gasteiger partial charge in [-0.25, -0.2) is 0 Å². The third kappa shape index (κ3) is 2.76. The zero-order valence-electron chi connectivity index (χ0n) is 10.2. The number of carbonyl (C=O) groups excluding carboxylic acids is 1. The van der Waals surface area contributed by atoms with Gasteiger partial charge in [0.05, 0.1) is 12.7 Å². The maximum atomic E-state index is 12.4. The van der Waals surface area contributed by atoms with Crippen LogP contribution in [0.5, 0.6) is 5.75 Å². The zero-order valence-corrected chi connectivity index (χ0v) is 10.2. The monoisotopic (exact) mass is 230 g/mol. The number of carbonyl (C=O) groups is 1. The number of hydrogen-bond donors (Lipinski definition) is 0. The van der Waals surface area contributed by atoms with Gasteiger partial charge < -0.3 is 4.74 Å². The fraction of sp³-hybridized carbons (Fsp3) is 0.400. The average Bonchev–Trinajstić information content (AvgIpc) is 2.66. The predicted molar refractivity (Wildman–Crippen MR) is 68.5 cm³/mol. The number of ketones is 1. The van der Waals surface area contributed by atoms with E-state index in [9.17, 15) is 4.79 Å². The van der Waals surface area contributed by atoms with Crippen molar-refractivity contribution in [3.8, 4) is 5.75 Å². The van der Waals surface area contributed by atoms with Crippen LogP contribution in [0, 0.1) is 0 Å². The molecule has 0 N–H and O–H groups in total. The molecule has 90 valence electrons. The predicted octanol–water partition coefficient (Wildman–Crippen LogP) is 3.77. The summed E-state index contributed by atoms with van der Waals surface area (Å²) in [6.07, 6.45) is 7.56. The Balaban J connectivity index is 2.26. The van der Waals surface area contributed by atoms with Gasteiger partial charge >= 0.3 is 0 Å².